The lowest BCUT2D eigenvalue weighted by molar-refractivity contribution is 0.0240. The number of hydrogen-bond acceptors (Lipinski definition) is 7. The van der Waals surface area contributed by atoms with Gasteiger partial charge in [0.25, 0.3) is 0 Å². The molecule has 0 saturated carbocycles. The van der Waals surface area contributed by atoms with E-state index in [9.17, 15) is 9.18 Å². The van der Waals surface area contributed by atoms with Crippen LogP contribution < -0.4 is 10.2 Å². The maximum absolute atomic E-state index is 13.7. The molecule has 1 aliphatic heterocycles. The Hall–Kier alpha value is -2.68. The number of carbonyl (C=O) groups excluding carboxylic acids is 1. The molecule has 0 spiro atoms. The van der Waals surface area contributed by atoms with Gasteiger partial charge in [-0.2, -0.15) is 4.98 Å². The molecule has 2 aromatic heterocycles. The number of piperazine rings is 1. The molecule has 0 bridgehead atoms. The van der Waals surface area contributed by atoms with E-state index in [2.05, 4.69) is 25.2 Å². The number of rotatable bonds is 3. The standard InChI is InChI=1S/C18H22ClFN6O2/c1-18(2,3)28-17(27)26-8-6-25(7-9-26)12-4-5-14(21-10-12)23-15-13(20)11-22-16(19)24-15/h4-5,10-11H,6-9H2,1-3H3,(H,21,22,23,24). The average Bonchev–Trinajstić information content (AvgIpc) is 2.64. The van der Waals surface area contributed by atoms with E-state index < -0.39 is 11.4 Å². The van der Waals surface area contributed by atoms with E-state index >= 15 is 0 Å². The van der Waals surface area contributed by atoms with Gasteiger partial charge in [0.15, 0.2) is 11.6 Å². The summed E-state index contributed by atoms with van der Waals surface area (Å²) in [5, 5.41) is 2.72. The Bertz CT molecular complexity index is 835. The van der Waals surface area contributed by atoms with Crippen LogP contribution in [-0.4, -0.2) is 57.7 Å². The van der Waals surface area contributed by atoms with Crippen LogP contribution in [0.25, 0.3) is 0 Å². The summed E-state index contributed by atoms with van der Waals surface area (Å²) < 4.78 is 19.1. The average molecular weight is 409 g/mol. The molecule has 0 aromatic carbocycles. The molecular formula is C18H22ClFN6O2. The van der Waals surface area contributed by atoms with Crippen LogP contribution in [0.5, 0.6) is 0 Å². The van der Waals surface area contributed by atoms with Crippen molar-refractivity contribution < 1.29 is 13.9 Å². The maximum Gasteiger partial charge on any atom is 0.410 e. The van der Waals surface area contributed by atoms with Gasteiger partial charge in [-0.25, -0.2) is 19.2 Å². The molecule has 10 heteroatoms. The van der Waals surface area contributed by atoms with Crippen molar-refractivity contribution in [2.75, 3.05) is 36.4 Å². The summed E-state index contributed by atoms with van der Waals surface area (Å²) in [6.07, 6.45) is 2.39. The smallest absolute Gasteiger partial charge is 0.410 e. The van der Waals surface area contributed by atoms with Gasteiger partial charge in [0.1, 0.15) is 11.4 Å². The number of carbonyl (C=O) groups is 1. The molecule has 1 amide bonds. The molecule has 3 heterocycles. The number of amides is 1. The molecule has 1 aliphatic rings. The Morgan fingerprint density at radius 3 is 2.50 bits per heavy atom. The first-order valence-electron chi connectivity index (χ1n) is 8.85. The minimum Gasteiger partial charge on any atom is -0.444 e. The van der Waals surface area contributed by atoms with Gasteiger partial charge < -0.3 is 19.9 Å². The van der Waals surface area contributed by atoms with Gasteiger partial charge in [-0.3, -0.25) is 0 Å². The van der Waals surface area contributed by atoms with E-state index in [0.717, 1.165) is 11.9 Å². The van der Waals surface area contributed by atoms with Gasteiger partial charge in [0.05, 0.1) is 18.1 Å². The van der Waals surface area contributed by atoms with E-state index in [1.165, 1.54) is 0 Å². The molecule has 0 atom stereocenters. The van der Waals surface area contributed by atoms with Crippen LogP contribution in [0.4, 0.5) is 26.5 Å². The summed E-state index contributed by atoms with van der Waals surface area (Å²) in [6.45, 7) is 8.03. The Morgan fingerprint density at radius 1 is 1.18 bits per heavy atom. The van der Waals surface area contributed by atoms with Crippen LogP contribution in [0.15, 0.2) is 24.5 Å². The highest BCUT2D eigenvalue weighted by atomic mass is 35.5. The molecule has 28 heavy (non-hydrogen) atoms. The molecule has 150 valence electrons. The third-order valence-electron chi connectivity index (χ3n) is 4.01. The first kappa shape index (κ1) is 20.1. The van der Waals surface area contributed by atoms with Crippen molar-refractivity contribution in [2.24, 2.45) is 0 Å². The molecular weight excluding hydrogens is 387 g/mol. The number of nitrogens with one attached hydrogen (secondary N) is 1. The molecule has 8 nitrogen and oxygen atoms in total. The zero-order valence-electron chi connectivity index (χ0n) is 15.9. The second kappa shape index (κ2) is 8.14. The lowest BCUT2D eigenvalue weighted by atomic mass is 10.2. The highest BCUT2D eigenvalue weighted by molar-refractivity contribution is 6.28. The van der Waals surface area contributed by atoms with Crippen molar-refractivity contribution in [3.8, 4) is 0 Å². The number of nitrogens with zero attached hydrogens (tertiary/aromatic N) is 5. The van der Waals surface area contributed by atoms with Gasteiger partial charge in [-0.05, 0) is 44.5 Å². The molecule has 1 saturated heterocycles. The van der Waals surface area contributed by atoms with E-state index in [4.69, 9.17) is 16.3 Å². The van der Waals surface area contributed by atoms with Gasteiger partial charge in [0, 0.05) is 26.2 Å². The third kappa shape index (κ3) is 5.19. The number of ether oxygens (including phenoxy) is 1. The van der Waals surface area contributed by atoms with Gasteiger partial charge in [0.2, 0.25) is 5.28 Å². The number of anilines is 3. The topological polar surface area (TPSA) is 83.5 Å². The second-order valence-electron chi connectivity index (χ2n) is 7.32. The zero-order valence-corrected chi connectivity index (χ0v) is 16.7. The fraction of sp³-hybridized carbons (Fsp3) is 0.444. The van der Waals surface area contributed by atoms with Crippen LogP contribution in [-0.2, 0) is 4.74 Å². The lowest BCUT2D eigenvalue weighted by Crippen LogP contribution is -2.50. The van der Waals surface area contributed by atoms with Crippen LogP contribution >= 0.6 is 11.6 Å². The van der Waals surface area contributed by atoms with Gasteiger partial charge in [-0.1, -0.05) is 0 Å². The van der Waals surface area contributed by atoms with Crippen molar-refractivity contribution >= 4 is 35.0 Å². The minimum atomic E-state index is -0.617. The minimum absolute atomic E-state index is 0.0359. The van der Waals surface area contributed by atoms with Crippen molar-refractivity contribution in [2.45, 2.75) is 26.4 Å². The summed E-state index contributed by atoms with van der Waals surface area (Å²) in [7, 11) is 0. The summed E-state index contributed by atoms with van der Waals surface area (Å²) in [4.78, 5) is 27.6. The van der Waals surface area contributed by atoms with E-state index in [0.29, 0.717) is 32.0 Å². The fourth-order valence-corrected chi connectivity index (χ4v) is 2.81. The van der Waals surface area contributed by atoms with Crippen molar-refractivity contribution in [1.82, 2.24) is 19.9 Å². The van der Waals surface area contributed by atoms with E-state index in [1.54, 1.807) is 17.2 Å². The van der Waals surface area contributed by atoms with Crippen molar-refractivity contribution in [3.05, 3.63) is 35.6 Å². The van der Waals surface area contributed by atoms with Crippen LogP contribution in [0.2, 0.25) is 5.28 Å². The Morgan fingerprint density at radius 2 is 1.89 bits per heavy atom. The van der Waals surface area contributed by atoms with Crippen LogP contribution in [0, 0.1) is 5.82 Å². The van der Waals surface area contributed by atoms with Crippen molar-refractivity contribution in [1.29, 1.82) is 0 Å². The van der Waals surface area contributed by atoms with Crippen molar-refractivity contribution in [3.63, 3.8) is 0 Å². The predicted molar refractivity (Wildman–Crippen MR) is 105 cm³/mol. The highest BCUT2D eigenvalue weighted by Gasteiger charge is 2.26. The maximum atomic E-state index is 13.7. The molecule has 0 radical (unpaired) electrons. The lowest BCUT2D eigenvalue weighted by Gasteiger charge is -2.36. The van der Waals surface area contributed by atoms with Gasteiger partial charge >= 0.3 is 6.09 Å². The van der Waals surface area contributed by atoms with Gasteiger partial charge in [-0.15, -0.1) is 0 Å². The normalized spacial score (nSPS) is 14.8. The first-order valence-corrected chi connectivity index (χ1v) is 9.23. The highest BCUT2D eigenvalue weighted by Crippen LogP contribution is 2.21. The molecule has 0 aliphatic carbocycles. The number of aromatic nitrogens is 3. The van der Waals surface area contributed by atoms with Crippen LogP contribution in [0.1, 0.15) is 20.8 Å². The zero-order chi connectivity index (χ0) is 20.3. The quantitative estimate of drug-likeness (QED) is 0.778. The molecule has 0 unspecified atom stereocenters. The molecule has 1 N–H and O–H groups in total. The summed E-state index contributed by atoms with van der Waals surface area (Å²) in [5.74, 6) is -0.218. The molecule has 3 rings (SSSR count). The number of pyridine rings is 1. The molecule has 2 aromatic rings. The Kier molecular flexibility index (Phi) is 5.83. The Labute approximate surface area is 167 Å². The number of halogens is 2. The third-order valence-corrected chi connectivity index (χ3v) is 4.19. The van der Waals surface area contributed by atoms with E-state index in [1.807, 2.05) is 26.8 Å². The molecule has 1 fully saturated rings. The predicted octanol–water partition coefficient (Wildman–Crippen LogP) is 3.46. The first-order chi connectivity index (χ1) is 13.2. The summed E-state index contributed by atoms with van der Waals surface area (Å²) in [6, 6.07) is 3.60. The van der Waals surface area contributed by atoms with Crippen LogP contribution in [0.3, 0.4) is 0 Å². The number of hydrogen-bond donors (Lipinski definition) is 1. The summed E-state index contributed by atoms with van der Waals surface area (Å²) >= 11 is 5.69. The fourth-order valence-electron chi connectivity index (χ4n) is 2.68. The summed E-state index contributed by atoms with van der Waals surface area (Å²) in [5.41, 5.74) is 0.407. The SMILES string of the molecule is CC(C)(C)OC(=O)N1CCN(c2ccc(Nc3nc(Cl)ncc3F)nc2)CC1. The second-order valence-corrected chi connectivity index (χ2v) is 7.65. The largest absolute Gasteiger partial charge is 0.444 e. The monoisotopic (exact) mass is 408 g/mol. The van der Waals surface area contributed by atoms with E-state index in [-0.39, 0.29) is 17.2 Å². The Balaban J connectivity index is 1.57.